The maximum Gasteiger partial charge on any atom is 0.253 e. The van der Waals surface area contributed by atoms with Gasteiger partial charge in [-0.3, -0.25) is 4.79 Å². The Bertz CT molecular complexity index is 1060. The van der Waals surface area contributed by atoms with Crippen LogP contribution in [0, 0.1) is 20.8 Å². The minimum atomic E-state index is -0.0293. The van der Waals surface area contributed by atoms with E-state index in [2.05, 4.69) is 65.6 Å². The van der Waals surface area contributed by atoms with E-state index in [1.165, 1.54) is 22.4 Å². The Morgan fingerprint density at radius 1 is 0.964 bits per heavy atom. The topological polar surface area (TPSA) is 60.2 Å². The molecule has 1 aliphatic heterocycles. The lowest BCUT2D eigenvalue weighted by Crippen LogP contribution is -2.43. The van der Waals surface area contributed by atoms with Gasteiger partial charge in [0.1, 0.15) is 0 Å². The van der Waals surface area contributed by atoms with Gasteiger partial charge in [0.25, 0.3) is 5.56 Å². The molecule has 0 aliphatic carbocycles. The Labute approximate surface area is 165 Å². The molecule has 0 spiro atoms. The molecule has 146 valence electrons. The van der Waals surface area contributed by atoms with E-state index in [9.17, 15) is 4.79 Å². The lowest BCUT2D eigenvalue weighted by atomic mass is 10.0. The molecule has 2 heterocycles. The molecule has 1 fully saturated rings. The van der Waals surface area contributed by atoms with Crippen molar-refractivity contribution in [1.82, 2.24) is 10.3 Å². The maximum absolute atomic E-state index is 12.5. The number of anilines is 2. The Hall–Kier alpha value is -2.79. The van der Waals surface area contributed by atoms with Crippen molar-refractivity contribution >= 4 is 22.3 Å². The summed E-state index contributed by atoms with van der Waals surface area (Å²) in [4.78, 5) is 17.9. The largest absolute Gasteiger partial charge is 0.381 e. The van der Waals surface area contributed by atoms with Gasteiger partial charge in [0.2, 0.25) is 0 Å². The molecule has 0 amide bonds. The second-order valence-corrected chi connectivity index (χ2v) is 7.74. The van der Waals surface area contributed by atoms with Gasteiger partial charge in [-0.2, -0.15) is 0 Å². The van der Waals surface area contributed by atoms with E-state index in [0.717, 1.165) is 48.3 Å². The predicted molar refractivity (Wildman–Crippen MR) is 118 cm³/mol. The van der Waals surface area contributed by atoms with Crippen LogP contribution in [0.25, 0.3) is 10.9 Å². The van der Waals surface area contributed by atoms with E-state index in [1.54, 1.807) is 0 Å². The van der Waals surface area contributed by atoms with Gasteiger partial charge < -0.3 is 20.5 Å². The van der Waals surface area contributed by atoms with Crippen molar-refractivity contribution < 1.29 is 0 Å². The minimum absolute atomic E-state index is 0.0293. The number of hydrogen-bond acceptors (Lipinski definition) is 4. The van der Waals surface area contributed by atoms with Crippen LogP contribution in [-0.2, 0) is 6.54 Å². The summed E-state index contributed by atoms with van der Waals surface area (Å²) in [5, 5.41) is 7.90. The summed E-state index contributed by atoms with van der Waals surface area (Å²) in [5.41, 5.74) is 7.57. The number of aromatic amines is 1. The summed E-state index contributed by atoms with van der Waals surface area (Å²) in [6, 6.07) is 12.7. The number of piperazine rings is 1. The molecule has 2 aromatic carbocycles. The fourth-order valence-electron chi connectivity index (χ4n) is 3.81. The fourth-order valence-corrected chi connectivity index (χ4v) is 3.81. The Morgan fingerprint density at radius 3 is 2.46 bits per heavy atom. The zero-order valence-electron chi connectivity index (χ0n) is 16.9. The standard InChI is InChI=1S/C23H28N4O/c1-15-10-18-13-19(23(28)26-22(18)12-16(15)2)14-25-21-5-4-20(11-17(21)3)27-8-6-24-7-9-27/h4-5,10-13,24-25H,6-9,14H2,1-3H3,(H,26,28). The van der Waals surface area contributed by atoms with Crippen LogP contribution in [0.15, 0.2) is 41.2 Å². The first-order valence-electron chi connectivity index (χ1n) is 9.94. The molecular formula is C23H28N4O. The molecule has 3 N–H and O–H groups in total. The van der Waals surface area contributed by atoms with Gasteiger partial charge in [-0.1, -0.05) is 0 Å². The average Bonchev–Trinajstić information content (AvgIpc) is 2.69. The van der Waals surface area contributed by atoms with Crippen molar-refractivity contribution in [1.29, 1.82) is 0 Å². The van der Waals surface area contributed by atoms with Crippen LogP contribution >= 0.6 is 0 Å². The van der Waals surface area contributed by atoms with E-state index in [4.69, 9.17) is 0 Å². The molecule has 0 bridgehead atoms. The summed E-state index contributed by atoms with van der Waals surface area (Å²) in [7, 11) is 0. The van der Waals surface area contributed by atoms with Crippen molar-refractivity contribution in [3.8, 4) is 0 Å². The smallest absolute Gasteiger partial charge is 0.253 e. The molecular weight excluding hydrogens is 348 g/mol. The van der Waals surface area contributed by atoms with E-state index < -0.39 is 0 Å². The second-order valence-electron chi connectivity index (χ2n) is 7.74. The Morgan fingerprint density at radius 2 is 1.71 bits per heavy atom. The number of aryl methyl sites for hydroxylation is 3. The first-order chi connectivity index (χ1) is 13.5. The monoisotopic (exact) mass is 376 g/mol. The number of aromatic nitrogens is 1. The fraction of sp³-hybridized carbons (Fsp3) is 0.348. The van der Waals surface area contributed by atoms with Gasteiger partial charge in [-0.05, 0) is 79.2 Å². The number of rotatable bonds is 4. The number of hydrogen-bond donors (Lipinski definition) is 3. The number of fused-ring (bicyclic) bond motifs is 1. The van der Waals surface area contributed by atoms with Gasteiger partial charge in [-0.15, -0.1) is 0 Å². The summed E-state index contributed by atoms with van der Waals surface area (Å²) in [5.74, 6) is 0. The van der Waals surface area contributed by atoms with Gasteiger partial charge in [0.05, 0.1) is 0 Å². The first-order valence-corrected chi connectivity index (χ1v) is 9.94. The molecule has 5 heteroatoms. The number of nitrogens with zero attached hydrogens (tertiary/aromatic N) is 1. The molecule has 0 atom stereocenters. The van der Waals surface area contributed by atoms with E-state index in [1.807, 2.05) is 12.1 Å². The predicted octanol–water partition coefficient (Wildman–Crippen LogP) is 3.48. The highest BCUT2D eigenvalue weighted by Gasteiger charge is 2.12. The molecule has 0 radical (unpaired) electrons. The maximum atomic E-state index is 12.5. The van der Waals surface area contributed by atoms with Crippen LogP contribution in [-0.4, -0.2) is 31.2 Å². The molecule has 0 saturated carbocycles. The van der Waals surface area contributed by atoms with Crippen LogP contribution < -0.4 is 21.1 Å². The van der Waals surface area contributed by atoms with Crippen LogP contribution in [0.1, 0.15) is 22.3 Å². The average molecular weight is 377 g/mol. The highest BCUT2D eigenvalue weighted by Crippen LogP contribution is 2.24. The van der Waals surface area contributed by atoms with E-state index in [-0.39, 0.29) is 5.56 Å². The van der Waals surface area contributed by atoms with Gasteiger partial charge in [0.15, 0.2) is 0 Å². The molecule has 1 saturated heterocycles. The van der Waals surface area contributed by atoms with Crippen molar-refractivity contribution in [3.63, 3.8) is 0 Å². The first kappa shape index (κ1) is 18.6. The van der Waals surface area contributed by atoms with Gasteiger partial charge in [0, 0.05) is 55.2 Å². The lowest BCUT2D eigenvalue weighted by Gasteiger charge is -2.30. The summed E-state index contributed by atoms with van der Waals surface area (Å²) < 4.78 is 0. The molecule has 0 unspecified atom stereocenters. The van der Waals surface area contributed by atoms with Crippen LogP contribution in [0.2, 0.25) is 0 Å². The molecule has 28 heavy (non-hydrogen) atoms. The summed E-state index contributed by atoms with van der Waals surface area (Å²) in [6.07, 6.45) is 0. The van der Waals surface area contributed by atoms with Gasteiger partial charge >= 0.3 is 0 Å². The molecule has 1 aromatic heterocycles. The van der Waals surface area contributed by atoms with Crippen LogP contribution in [0.5, 0.6) is 0 Å². The lowest BCUT2D eigenvalue weighted by molar-refractivity contribution is 0.589. The number of nitrogens with one attached hydrogen (secondary N) is 3. The van der Waals surface area contributed by atoms with Crippen LogP contribution in [0.4, 0.5) is 11.4 Å². The van der Waals surface area contributed by atoms with Crippen molar-refractivity contribution in [2.45, 2.75) is 27.3 Å². The molecule has 4 rings (SSSR count). The molecule has 3 aromatic rings. The third kappa shape index (κ3) is 3.76. The minimum Gasteiger partial charge on any atom is -0.381 e. The summed E-state index contributed by atoms with van der Waals surface area (Å²) >= 11 is 0. The highest BCUT2D eigenvalue weighted by molar-refractivity contribution is 5.80. The van der Waals surface area contributed by atoms with Crippen LogP contribution in [0.3, 0.4) is 0 Å². The Kier molecular flexibility index (Phi) is 5.09. The molecule has 5 nitrogen and oxygen atoms in total. The van der Waals surface area contributed by atoms with Crippen molar-refractivity contribution in [2.24, 2.45) is 0 Å². The molecule has 1 aliphatic rings. The SMILES string of the molecule is Cc1cc2cc(CNc3ccc(N4CCNCC4)cc3C)c(=O)[nH]c2cc1C. The van der Waals surface area contributed by atoms with Crippen molar-refractivity contribution in [2.75, 3.05) is 36.4 Å². The number of pyridine rings is 1. The zero-order valence-corrected chi connectivity index (χ0v) is 16.9. The van der Waals surface area contributed by atoms with E-state index in [0.29, 0.717) is 6.54 Å². The highest BCUT2D eigenvalue weighted by atomic mass is 16.1. The number of benzene rings is 2. The van der Waals surface area contributed by atoms with E-state index >= 15 is 0 Å². The normalized spacial score (nSPS) is 14.5. The second kappa shape index (κ2) is 7.68. The van der Waals surface area contributed by atoms with Gasteiger partial charge in [-0.25, -0.2) is 0 Å². The quantitative estimate of drug-likeness (QED) is 0.652. The zero-order chi connectivity index (χ0) is 19.7. The third-order valence-electron chi connectivity index (χ3n) is 5.70. The Balaban J connectivity index is 1.53. The van der Waals surface area contributed by atoms with Crippen molar-refractivity contribution in [3.05, 3.63) is 69.0 Å². The summed E-state index contributed by atoms with van der Waals surface area (Å²) in [6.45, 7) is 10.9. The number of H-pyrrole nitrogens is 1. The third-order valence-corrected chi connectivity index (χ3v) is 5.70.